The zero-order valence-electron chi connectivity index (χ0n) is 5.95. The van der Waals surface area contributed by atoms with Crippen molar-refractivity contribution in [3.05, 3.63) is 28.4 Å². The van der Waals surface area contributed by atoms with Crippen LogP contribution in [-0.2, 0) is 0 Å². The van der Waals surface area contributed by atoms with Crippen molar-refractivity contribution in [2.45, 2.75) is 0 Å². The molecule has 60 valence electrons. The summed E-state index contributed by atoms with van der Waals surface area (Å²) in [5.74, 6) is 0. The number of halogens is 1. The van der Waals surface area contributed by atoms with Crippen molar-refractivity contribution in [2.24, 2.45) is 0 Å². The summed E-state index contributed by atoms with van der Waals surface area (Å²) in [6.07, 6.45) is 2.45. The third kappa shape index (κ3) is 1.11. The average molecular weight is 198 g/mol. The maximum Gasteiger partial charge on any atom is 0.151 e. The van der Waals surface area contributed by atoms with Gasteiger partial charge in [-0.05, 0) is 6.07 Å². The number of fused-ring (bicyclic) bond motifs is 1. The van der Waals surface area contributed by atoms with Crippen LogP contribution in [0.4, 0.5) is 0 Å². The van der Waals surface area contributed by atoms with Gasteiger partial charge in [-0.2, -0.15) is 0 Å². The van der Waals surface area contributed by atoms with Crippen LogP contribution in [0.5, 0.6) is 0 Å². The summed E-state index contributed by atoms with van der Waals surface area (Å²) < 4.78 is 0.997. The van der Waals surface area contributed by atoms with E-state index in [1.54, 1.807) is 17.6 Å². The van der Waals surface area contributed by atoms with Crippen LogP contribution in [0.25, 0.3) is 10.1 Å². The van der Waals surface area contributed by atoms with Crippen LogP contribution >= 0.6 is 22.9 Å². The van der Waals surface area contributed by atoms with Gasteiger partial charge in [0.05, 0.1) is 0 Å². The van der Waals surface area contributed by atoms with Crippen LogP contribution in [0, 0.1) is 0 Å². The van der Waals surface area contributed by atoms with Gasteiger partial charge in [-0.25, -0.2) is 4.98 Å². The molecule has 2 aromatic heterocycles. The molecule has 2 heterocycles. The molecule has 0 atom stereocenters. The van der Waals surface area contributed by atoms with Crippen molar-refractivity contribution in [2.75, 3.05) is 0 Å². The number of nitrogens with zero attached hydrogens (tertiary/aromatic N) is 1. The molecule has 0 saturated heterocycles. The standard InChI is InChI=1S/C8H4ClNOS/c9-8-1-7-6(2-10-8)5(3-11)4-12-7/h1-4H. The monoisotopic (exact) mass is 197 g/mol. The Labute approximate surface area is 77.8 Å². The van der Waals surface area contributed by atoms with E-state index in [2.05, 4.69) is 4.98 Å². The predicted octanol–water partition coefficient (Wildman–Crippen LogP) is 2.76. The Morgan fingerprint density at radius 3 is 3.17 bits per heavy atom. The molecular formula is C8H4ClNOS. The summed E-state index contributed by atoms with van der Waals surface area (Å²) in [6, 6.07) is 1.76. The second kappa shape index (κ2) is 2.84. The average Bonchev–Trinajstić information content (AvgIpc) is 2.46. The van der Waals surface area contributed by atoms with E-state index in [0.717, 1.165) is 16.4 Å². The Kier molecular flexibility index (Phi) is 1.83. The van der Waals surface area contributed by atoms with Crippen molar-refractivity contribution < 1.29 is 4.79 Å². The van der Waals surface area contributed by atoms with Gasteiger partial charge in [0, 0.05) is 27.2 Å². The lowest BCUT2D eigenvalue weighted by Gasteiger charge is -1.89. The summed E-state index contributed by atoms with van der Waals surface area (Å²) in [6.45, 7) is 0. The first-order valence-corrected chi connectivity index (χ1v) is 4.55. The van der Waals surface area contributed by atoms with E-state index in [4.69, 9.17) is 11.6 Å². The van der Waals surface area contributed by atoms with Gasteiger partial charge in [0.25, 0.3) is 0 Å². The summed E-state index contributed by atoms with van der Waals surface area (Å²) in [4.78, 5) is 14.4. The number of carbonyl (C=O) groups is 1. The molecule has 0 aromatic carbocycles. The summed E-state index contributed by atoms with van der Waals surface area (Å²) in [5.41, 5.74) is 0.680. The predicted molar refractivity (Wildman–Crippen MR) is 50.0 cm³/mol. The van der Waals surface area contributed by atoms with Crippen molar-refractivity contribution in [1.82, 2.24) is 4.98 Å². The van der Waals surface area contributed by atoms with Gasteiger partial charge >= 0.3 is 0 Å². The highest BCUT2D eigenvalue weighted by molar-refractivity contribution is 7.17. The van der Waals surface area contributed by atoms with Gasteiger partial charge in [0.15, 0.2) is 6.29 Å². The third-order valence-electron chi connectivity index (χ3n) is 1.58. The molecule has 0 aliphatic rings. The van der Waals surface area contributed by atoms with E-state index < -0.39 is 0 Å². The summed E-state index contributed by atoms with van der Waals surface area (Å²) in [5, 5.41) is 3.14. The molecule has 2 aromatic rings. The van der Waals surface area contributed by atoms with Gasteiger partial charge in [0.1, 0.15) is 5.15 Å². The zero-order valence-corrected chi connectivity index (χ0v) is 7.52. The van der Waals surface area contributed by atoms with Gasteiger partial charge in [-0.3, -0.25) is 4.79 Å². The topological polar surface area (TPSA) is 30.0 Å². The molecule has 0 radical (unpaired) electrons. The molecule has 0 bridgehead atoms. The Morgan fingerprint density at radius 2 is 2.42 bits per heavy atom. The first-order chi connectivity index (χ1) is 5.81. The maximum absolute atomic E-state index is 10.5. The molecule has 0 saturated carbocycles. The second-order valence-corrected chi connectivity index (χ2v) is 3.61. The van der Waals surface area contributed by atoms with E-state index >= 15 is 0 Å². The number of thiophene rings is 1. The Bertz CT molecular complexity index is 438. The fourth-order valence-corrected chi connectivity index (χ4v) is 2.15. The fourth-order valence-electron chi connectivity index (χ4n) is 1.01. The van der Waals surface area contributed by atoms with E-state index in [1.165, 1.54) is 11.3 Å². The Hall–Kier alpha value is -0.930. The highest BCUT2D eigenvalue weighted by Crippen LogP contribution is 2.25. The van der Waals surface area contributed by atoms with Crippen molar-refractivity contribution >= 4 is 39.3 Å². The molecular weight excluding hydrogens is 194 g/mol. The number of aromatic nitrogens is 1. The van der Waals surface area contributed by atoms with Gasteiger partial charge in [0.2, 0.25) is 0 Å². The van der Waals surface area contributed by atoms with Crippen molar-refractivity contribution in [1.29, 1.82) is 0 Å². The lowest BCUT2D eigenvalue weighted by Crippen LogP contribution is -1.77. The van der Waals surface area contributed by atoms with Crippen LogP contribution in [0.1, 0.15) is 10.4 Å². The number of rotatable bonds is 1. The molecule has 2 rings (SSSR count). The Morgan fingerprint density at radius 1 is 1.58 bits per heavy atom. The maximum atomic E-state index is 10.5. The third-order valence-corrected chi connectivity index (χ3v) is 2.75. The molecule has 4 heteroatoms. The lowest BCUT2D eigenvalue weighted by atomic mass is 10.2. The molecule has 0 amide bonds. The first-order valence-electron chi connectivity index (χ1n) is 3.29. The lowest BCUT2D eigenvalue weighted by molar-refractivity contribution is 0.112. The van der Waals surface area contributed by atoms with Gasteiger partial charge in [-0.1, -0.05) is 11.6 Å². The summed E-state index contributed by atoms with van der Waals surface area (Å²) >= 11 is 7.18. The molecule has 2 nitrogen and oxygen atoms in total. The number of hydrogen-bond donors (Lipinski definition) is 0. The minimum Gasteiger partial charge on any atom is -0.298 e. The van der Waals surface area contributed by atoms with Gasteiger partial charge < -0.3 is 0 Å². The van der Waals surface area contributed by atoms with Crippen LogP contribution < -0.4 is 0 Å². The number of pyridine rings is 1. The molecule has 0 N–H and O–H groups in total. The molecule has 0 fully saturated rings. The van der Waals surface area contributed by atoms with E-state index in [1.807, 2.05) is 0 Å². The minimum atomic E-state index is 0.460. The van der Waals surface area contributed by atoms with Gasteiger partial charge in [-0.15, -0.1) is 11.3 Å². The molecule has 0 aliphatic carbocycles. The highest BCUT2D eigenvalue weighted by Gasteiger charge is 2.03. The van der Waals surface area contributed by atoms with Crippen molar-refractivity contribution in [3.63, 3.8) is 0 Å². The molecule has 12 heavy (non-hydrogen) atoms. The second-order valence-electron chi connectivity index (χ2n) is 2.31. The smallest absolute Gasteiger partial charge is 0.151 e. The fraction of sp³-hybridized carbons (Fsp3) is 0. The van der Waals surface area contributed by atoms with Crippen LogP contribution in [0.3, 0.4) is 0 Å². The first kappa shape index (κ1) is 7.71. The number of aldehydes is 1. The molecule has 0 spiro atoms. The number of carbonyl (C=O) groups excluding carboxylic acids is 1. The number of hydrogen-bond acceptors (Lipinski definition) is 3. The van der Waals surface area contributed by atoms with Crippen molar-refractivity contribution in [3.8, 4) is 0 Å². The molecule has 0 unspecified atom stereocenters. The van der Waals surface area contributed by atoms with E-state index in [-0.39, 0.29) is 0 Å². The molecule has 0 aliphatic heterocycles. The SMILES string of the molecule is O=Cc1csc2cc(Cl)ncc12. The van der Waals surface area contributed by atoms with Crippen LogP contribution in [0.15, 0.2) is 17.6 Å². The van der Waals surface area contributed by atoms with E-state index in [0.29, 0.717) is 10.7 Å². The summed E-state index contributed by atoms with van der Waals surface area (Å²) in [7, 11) is 0. The minimum absolute atomic E-state index is 0.460. The van der Waals surface area contributed by atoms with Crippen LogP contribution in [0.2, 0.25) is 5.15 Å². The van der Waals surface area contributed by atoms with E-state index in [9.17, 15) is 4.79 Å². The Balaban J connectivity index is 2.81. The quantitative estimate of drug-likeness (QED) is 0.520. The van der Waals surface area contributed by atoms with Crippen LogP contribution in [-0.4, -0.2) is 11.3 Å². The largest absolute Gasteiger partial charge is 0.298 e. The zero-order chi connectivity index (χ0) is 8.55. The highest BCUT2D eigenvalue weighted by atomic mass is 35.5. The normalized spacial score (nSPS) is 10.4.